The molecule has 0 bridgehead atoms. The zero-order valence-electron chi connectivity index (χ0n) is 24.1. The van der Waals surface area contributed by atoms with Gasteiger partial charge in [-0.1, -0.05) is 72.3 Å². The lowest BCUT2D eigenvalue weighted by Gasteiger charge is -2.24. The third-order valence-corrected chi connectivity index (χ3v) is 7.12. The Morgan fingerprint density at radius 1 is 0.844 bits per heavy atom. The third-order valence-electron chi connectivity index (χ3n) is 6.87. The molecule has 0 saturated carbocycles. The fraction of sp³-hybridized carbons (Fsp3) is 0.206. The topological polar surface area (TPSA) is 102 Å². The molecule has 4 aromatic rings. The Morgan fingerprint density at radius 3 is 2.22 bits per heavy atom. The molecule has 0 aliphatic carbocycles. The fourth-order valence-corrected chi connectivity index (χ4v) is 4.73. The van der Waals surface area contributed by atoms with E-state index in [1.54, 1.807) is 53.4 Å². The first-order valence-corrected chi connectivity index (χ1v) is 14.5. The van der Waals surface area contributed by atoms with E-state index in [2.05, 4.69) is 10.1 Å². The first-order chi connectivity index (χ1) is 21.5. The van der Waals surface area contributed by atoms with E-state index in [1.807, 2.05) is 36.4 Å². The van der Waals surface area contributed by atoms with Crippen LogP contribution in [-0.2, 0) is 29.0 Å². The van der Waals surface area contributed by atoms with Crippen molar-refractivity contribution in [2.75, 3.05) is 19.6 Å². The van der Waals surface area contributed by atoms with E-state index in [9.17, 15) is 27.6 Å². The molecule has 0 spiro atoms. The van der Waals surface area contributed by atoms with E-state index in [0.717, 1.165) is 27.8 Å². The molecule has 0 fully saturated rings. The molecule has 45 heavy (non-hydrogen) atoms. The number of halogens is 4. The monoisotopic (exact) mass is 637 g/mol. The molecule has 0 atom stereocenters. The number of nitrogens with two attached hydrogens (primary N) is 1. The van der Waals surface area contributed by atoms with E-state index >= 15 is 0 Å². The number of nitrogens with one attached hydrogen (secondary N) is 1. The van der Waals surface area contributed by atoms with Gasteiger partial charge in [-0.15, -0.1) is 0 Å². The number of amides is 2. The van der Waals surface area contributed by atoms with Gasteiger partial charge in [-0.25, -0.2) is 4.79 Å². The Labute approximate surface area is 263 Å². The van der Waals surface area contributed by atoms with Gasteiger partial charge in [0.1, 0.15) is 5.75 Å². The lowest BCUT2D eigenvalue weighted by Crippen LogP contribution is -2.33. The Hall–Kier alpha value is -4.67. The predicted molar refractivity (Wildman–Crippen MR) is 166 cm³/mol. The lowest BCUT2D eigenvalue weighted by atomic mass is 9.97. The number of benzene rings is 4. The van der Waals surface area contributed by atoms with Crippen LogP contribution in [0.1, 0.15) is 27.0 Å². The summed E-state index contributed by atoms with van der Waals surface area (Å²) in [6.45, 7) is 1.23. The Bertz CT molecular complexity index is 1630. The van der Waals surface area contributed by atoms with Gasteiger partial charge in [-0.05, 0) is 70.6 Å². The zero-order chi connectivity index (χ0) is 32.4. The number of ether oxygens (including phenoxy) is 1. The highest BCUT2D eigenvalue weighted by molar-refractivity contribution is 6.30. The first-order valence-electron chi connectivity index (χ1n) is 14.1. The Kier molecular flexibility index (Phi) is 11.3. The molecule has 0 aromatic heterocycles. The molecule has 0 unspecified atom stereocenters. The number of alkyl halides is 3. The smallest absolute Gasteiger partial charge is 0.420 e. The number of carbonyl (C=O) groups excluding carboxylic acids is 3. The van der Waals surface area contributed by atoms with Gasteiger partial charge >= 0.3 is 12.1 Å². The number of esters is 1. The summed E-state index contributed by atoms with van der Waals surface area (Å²) in [5, 5.41) is 3.36. The molecule has 3 N–H and O–H groups in total. The lowest BCUT2D eigenvalue weighted by molar-refractivity contribution is -0.189. The maximum absolute atomic E-state index is 13.6. The van der Waals surface area contributed by atoms with Gasteiger partial charge in [0.25, 0.3) is 5.91 Å². The van der Waals surface area contributed by atoms with E-state index in [1.165, 1.54) is 12.1 Å². The first kappa shape index (κ1) is 33.2. The maximum Gasteiger partial charge on any atom is 0.491 e. The number of hydrogen-bond donors (Lipinski definition) is 2. The van der Waals surface area contributed by atoms with Gasteiger partial charge in [0.05, 0.1) is 6.42 Å². The van der Waals surface area contributed by atoms with Crippen molar-refractivity contribution in [3.63, 3.8) is 0 Å². The highest BCUT2D eigenvalue weighted by Gasteiger charge is 2.41. The van der Waals surface area contributed by atoms with Gasteiger partial charge in [0.2, 0.25) is 5.91 Å². The molecule has 7 nitrogen and oxygen atoms in total. The van der Waals surface area contributed by atoms with Crippen LogP contribution in [0.4, 0.5) is 13.2 Å². The van der Waals surface area contributed by atoms with Crippen molar-refractivity contribution in [1.29, 1.82) is 0 Å². The van der Waals surface area contributed by atoms with Crippen LogP contribution in [0.2, 0.25) is 5.02 Å². The van der Waals surface area contributed by atoms with E-state index in [-0.39, 0.29) is 30.5 Å². The normalized spacial score (nSPS) is 11.1. The molecule has 4 rings (SSSR count). The molecule has 2 amide bonds. The molecular formula is C34H31ClF3N3O4. The van der Waals surface area contributed by atoms with Crippen LogP contribution in [0.25, 0.3) is 11.1 Å². The highest BCUT2D eigenvalue weighted by atomic mass is 35.5. The predicted octanol–water partition coefficient (Wildman–Crippen LogP) is 5.98. The van der Waals surface area contributed by atoms with E-state index in [0.29, 0.717) is 36.6 Å². The summed E-state index contributed by atoms with van der Waals surface area (Å²) in [4.78, 5) is 39.2. The van der Waals surface area contributed by atoms with Crippen molar-refractivity contribution in [1.82, 2.24) is 10.2 Å². The summed E-state index contributed by atoms with van der Waals surface area (Å²) < 4.78 is 42.0. The van der Waals surface area contributed by atoms with Gasteiger partial charge in [-0.3, -0.25) is 9.59 Å². The van der Waals surface area contributed by atoms with E-state index < -0.39 is 12.1 Å². The van der Waals surface area contributed by atoms with Gasteiger partial charge in [-0.2, -0.15) is 13.2 Å². The molecule has 0 heterocycles. The molecule has 11 heteroatoms. The van der Waals surface area contributed by atoms with E-state index in [4.69, 9.17) is 17.3 Å². The molecule has 0 aliphatic rings. The molecule has 234 valence electrons. The molecule has 0 saturated heterocycles. The molecule has 4 aromatic carbocycles. The van der Waals surface area contributed by atoms with Crippen LogP contribution in [-0.4, -0.2) is 48.5 Å². The summed E-state index contributed by atoms with van der Waals surface area (Å²) in [5.41, 5.74) is 9.94. The van der Waals surface area contributed by atoms with Crippen LogP contribution in [0, 0.1) is 0 Å². The van der Waals surface area contributed by atoms with Crippen molar-refractivity contribution < 1.29 is 32.3 Å². The van der Waals surface area contributed by atoms with Gasteiger partial charge < -0.3 is 20.7 Å². The van der Waals surface area contributed by atoms with Crippen molar-refractivity contribution in [3.8, 4) is 16.9 Å². The SMILES string of the molecule is NCCNC(=O)c1ccccc1-c1cccc(CN(CCc2ccc(OC(=O)C(F)(F)F)cc2)C(=O)Cc2ccc(Cl)cc2)c1. The van der Waals surface area contributed by atoms with Crippen molar-refractivity contribution in [2.24, 2.45) is 5.73 Å². The van der Waals surface area contributed by atoms with Crippen molar-refractivity contribution in [2.45, 2.75) is 25.6 Å². The highest BCUT2D eigenvalue weighted by Crippen LogP contribution is 2.26. The average Bonchev–Trinajstić information content (AvgIpc) is 3.03. The molecule has 0 radical (unpaired) electrons. The van der Waals surface area contributed by atoms with Crippen molar-refractivity contribution >= 4 is 29.4 Å². The number of carbonyl (C=O) groups is 3. The fourth-order valence-electron chi connectivity index (χ4n) is 4.61. The van der Waals surface area contributed by atoms with Crippen LogP contribution in [0.15, 0.2) is 97.1 Å². The Balaban J connectivity index is 1.54. The standard InChI is InChI=1S/C34H31ClF3N3O4/c35-27-12-8-24(9-13-27)21-31(42)41(19-16-23-10-14-28(15-11-23)45-33(44)34(36,37)38)22-25-4-3-5-26(20-25)29-6-1-2-7-30(29)32(43)40-18-17-39/h1-15,20H,16-19,21-22,39H2,(H,40,43). The summed E-state index contributed by atoms with van der Waals surface area (Å²) in [5.74, 6) is -2.90. The Morgan fingerprint density at radius 2 is 1.53 bits per heavy atom. The van der Waals surface area contributed by atoms with Crippen molar-refractivity contribution in [3.05, 3.63) is 124 Å². The van der Waals surface area contributed by atoms with Crippen LogP contribution < -0.4 is 15.8 Å². The number of hydrogen-bond acceptors (Lipinski definition) is 5. The van der Waals surface area contributed by atoms with Crippen LogP contribution in [0.3, 0.4) is 0 Å². The summed E-state index contributed by atoms with van der Waals surface area (Å²) >= 11 is 6.01. The van der Waals surface area contributed by atoms with Crippen LogP contribution >= 0.6 is 11.6 Å². The second-order valence-corrected chi connectivity index (χ2v) is 10.6. The number of nitrogens with zero attached hydrogens (tertiary/aromatic N) is 1. The maximum atomic E-state index is 13.6. The average molecular weight is 638 g/mol. The largest absolute Gasteiger partial charge is 0.491 e. The quantitative estimate of drug-likeness (QED) is 0.147. The number of rotatable bonds is 12. The second kappa shape index (κ2) is 15.4. The van der Waals surface area contributed by atoms with Crippen LogP contribution in [0.5, 0.6) is 5.75 Å². The summed E-state index contributed by atoms with van der Waals surface area (Å²) in [6, 6.07) is 27.5. The molecular weight excluding hydrogens is 607 g/mol. The minimum Gasteiger partial charge on any atom is -0.420 e. The second-order valence-electron chi connectivity index (χ2n) is 10.2. The molecule has 0 aliphatic heterocycles. The zero-order valence-corrected chi connectivity index (χ0v) is 24.9. The minimum atomic E-state index is -5.10. The van der Waals surface area contributed by atoms with Gasteiger partial charge in [0.15, 0.2) is 0 Å². The minimum absolute atomic E-state index is 0.132. The summed E-state index contributed by atoms with van der Waals surface area (Å²) in [6.07, 6.45) is -4.57. The third kappa shape index (κ3) is 9.66. The summed E-state index contributed by atoms with van der Waals surface area (Å²) in [7, 11) is 0. The van der Waals surface area contributed by atoms with Gasteiger partial charge in [0, 0.05) is 36.8 Å².